The van der Waals surface area contributed by atoms with Crippen molar-refractivity contribution in [1.82, 2.24) is 0 Å². The fourth-order valence-corrected chi connectivity index (χ4v) is 3.04. The maximum atomic E-state index is 5.98. The Hall–Kier alpha value is -1.97. The third-order valence-electron chi connectivity index (χ3n) is 4.18. The van der Waals surface area contributed by atoms with Gasteiger partial charge in [-0.25, -0.2) is 0 Å². The minimum absolute atomic E-state index is 0.743. The van der Waals surface area contributed by atoms with Crippen LogP contribution in [0.25, 0.3) is 6.20 Å². The van der Waals surface area contributed by atoms with E-state index < -0.39 is 0 Å². The molecule has 0 aromatic heterocycles. The number of nitrogens with zero attached hydrogens (tertiary/aromatic N) is 3. The second kappa shape index (κ2) is 7.87. The largest absolute Gasteiger partial charge is 0.404 e. The third kappa shape index (κ3) is 3.11. The van der Waals surface area contributed by atoms with Crippen LogP contribution in [0.15, 0.2) is 28.1 Å². The number of allylic oxidation sites excluding steroid dienone is 1. The highest BCUT2D eigenvalue weighted by Gasteiger charge is 2.19. The quantitative estimate of drug-likeness (QED) is 0.734. The van der Waals surface area contributed by atoms with Gasteiger partial charge in [-0.05, 0) is 59.2 Å². The predicted molar refractivity (Wildman–Crippen MR) is 91.5 cm³/mol. The minimum atomic E-state index is 0.743. The molecule has 1 aliphatic rings. The maximum absolute atomic E-state index is 5.98. The molecule has 0 fully saturated rings. The Morgan fingerprint density at radius 2 is 1.73 bits per heavy atom. The molecule has 118 valence electrons. The Morgan fingerprint density at radius 3 is 2.32 bits per heavy atom. The summed E-state index contributed by atoms with van der Waals surface area (Å²) in [6, 6.07) is 0. The Morgan fingerprint density at radius 1 is 1.05 bits per heavy atom. The Kier molecular flexibility index (Phi) is 5.87. The maximum Gasteiger partial charge on any atom is 0.120 e. The Labute approximate surface area is 132 Å². The smallest absolute Gasteiger partial charge is 0.120 e. The normalized spacial score (nSPS) is 13.3. The molecule has 0 aliphatic carbocycles. The van der Waals surface area contributed by atoms with Gasteiger partial charge in [0.2, 0.25) is 0 Å². The molecule has 0 saturated carbocycles. The van der Waals surface area contributed by atoms with Gasteiger partial charge in [0.25, 0.3) is 0 Å². The average molecular weight is 298 g/mol. The third-order valence-corrected chi connectivity index (χ3v) is 4.18. The monoisotopic (exact) mass is 298 g/mol. The van der Waals surface area contributed by atoms with Crippen LogP contribution in [-0.2, 0) is 19.3 Å². The number of unbranched alkanes of at least 4 members (excludes halogenated alkanes) is 2. The van der Waals surface area contributed by atoms with Gasteiger partial charge in [-0.1, -0.05) is 32.8 Å². The molecular formula is C18H26N4. The van der Waals surface area contributed by atoms with E-state index in [4.69, 9.17) is 5.73 Å². The number of nitrogens with two attached hydrogens (primary N) is 1. The van der Waals surface area contributed by atoms with Crippen molar-refractivity contribution in [2.75, 3.05) is 0 Å². The van der Waals surface area contributed by atoms with Crippen LogP contribution in [0.5, 0.6) is 0 Å². The fourth-order valence-electron chi connectivity index (χ4n) is 3.04. The molecule has 4 nitrogen and oxygen atoms in total. The van der Waals surface area contributed by atoms with Gasteiger partial charge in [-0.15, -0.1) is 16.8 Å². The standard InChI is InChI=1S/C18H26N4/c1-4-7-10-13-15(11-8-5-2)18-17(20-22-21-18)14(9-6-3)16(13)12-19/h6,12H,3-5,7-11,19H2,1-2H3. The van der Waals surface area contributed by atoms with E-state index >= 15 is 0 Å². The first kappa shape index (κ1) is 16.4. The summed E-state index contributed by atoms with van der Waals surface area (Å²) in [6.45, 7) is 8.28. The lowest BCUT2D eigenvalue weighted by Crippen LogP contribution is -2.27. The number of fused-ring (bicyclic) bond motifs is 1. The Balaban J connectivity index is 2.71. The van der Waals surface area contributed by atoms with Crippen LogP contribution in [-0.4, -0.2) is 0 Å². The van der Waals surface area contributed by atoms with E-state index in [9.17, 15) is 0 Å². The van der Waals surface area contributed by atoms with Gasteiger partial charge in [-0.3, -0.25) is 0 Å². The van der Waals surface area contributed by atoms with Crippen molar-refractivity contribution < 1.29 is 0 Å². The zero-order chi connectivity index (χ0) is 15.9. The van der Waals surface area contributed by atoms with Crippen molar-refractivity contribution in [2.45, 2.75) is 58.8 Å². The predicted octanol–water partition coefficient (Wildman–Crippen LogP) is 3.43. The molecule has 1 heterocycles. The highest BCUT2D eigenvalue weighted by atomic mass is 15.4. The first-order valence-corrected chi connectivity index (χ1v) is 8.26. The van der Waals surface area contributed by atoms with Gasteiger partial charge in [0.1, 0.15) is 11.0 Å². The molecule has 0 unspecified atom stereocenters. The van der Waals surface area contributed by atoms with Gasteiger partial charge in [0.05, 0.1) is 0 Å². The summed E-state index contributed by atoms with van der Waals surface area (Å²) in [7, 11) is 0. The SMILES string of the molecule is C=CCc1c2c(c(CCCC)c(CCCC)c1=CN)=NN=N2. The molecule has 2 N–H and O–H groups in total. The summed E-state index contributed by atoms with van der Waals surface area (Å²) < 4.78 is 0. The van der Waals surface area contributed by atoms with Crippen molar-refractivity contribution in [3.05, 3.63) is 39.9 Å². The minimum Gasteiger partial charge on any atom is -0.404 e. The number of rotatable bonds is 8. The van der Waals surface area contributed by atoms with Crippen molar-refractivity contribution in [2.24, 2.45) is 21.2 Å². The lowest BCUT2D eigenvalue weighted by molar-refractivity contribution is 0.748. The molecule has 22 heavy (non-hydrogen) atoms. The average Bonchev–Trinajstić information content (AvgIpc) is 3.01. The lowest BCUT2D eigenvalue weighted by atomic mass is 9.90. The molecule has 0 radical (unpaired) electrons. The van der Waals surface area contributed by atoms with Crippen LogP contribution in [0.4, 0.5) is 5.69 Å². The number of hydrogen-bond donors (Lipinski definition) is 1. The highest BCUT2D eigenvalue weighted by molar-refractivity contribution is 5.55. The summed E-state index contributed by atoms with van der Waals surface area (Å²) >= 11 is 0. The van der Waals surface area contributed by atoms with Crippen molar-refractivity contribution in [1.29, 1.82) is 0 Å². The van der Waals surface area contributed by atoms with Gasteiger partial charge in [-0.2, -0.15) is 0 Å². The number of hydrogen-bond acceptors (Lipinski definition) is 4. The summed E-state index contributed by atoms with van der Waals surface area (Å²) in [5.41, 5.74) is 10.6. The van der Waals surface area contributed by atoms with E-state index in [1.165, 1.54) is 11.1 Å². The molecule has 0 spiro atoms. The summed E-state index contributed by atoms with van der Waals surface area (Å²) in [5.74, 6) is 0. The van der Waals surface area contributed by atoms with Crippen molar-refractivity contribution in [3.8, 4) is 0 Å². The van der Waals surface area contributed by atoms with E-state index in [0.29, 0.717) is 0 Å². The molecular weight excluding hydrogens is 272 g/mol. The first-order chi connectivity index (χ1) is 10.8. The number of benzene rings is 1. The van der Waals surface area contributed by atoms with E-state index in [-0.39, 0.29) is 0 Å². The second-order valence-electron chi connectivity index (χ2n) is 5.70. The zero-order valence-electron chi connectivity index (χ0n) is 13.7. The topological polar surface area (TPSA) is 63.1 Å². The first-order valence-electron chi connectivity index (χ1n) is 8.26. The van der Waals surface area contributed by atoms with Crippen LogP contribution >= 0.6 is 0 Å². The molecule has 1 aromatic rings. The van der Waals surface area contributed by atoms with E-state index in [2.05, 4.69) is 35.9 Å². The van der Waals surface area contributed by atoms with Gasteiger partial charge >= 0.3 is 0 Å². The van der Waals surface area contributed by atoms with Crippen molar-refractivity contribution in [3.63, 3.8) is 0 Å². The molecule has 0 bridgehead atoms. The van der Waals surface area contributed by atoms with E-state index in [1.807, 2.05) is 6.08 Å². The molecule has 0 amide bonds. The van der Waals surface area contributed by atoms with Crippen LogP contribution in [0.1, 0.15) is 56.2 Å². The van der Waals surface area contributed by atoms with Crippen molar-refractivity contribution >= 4 is 11.9 Å². The summed E-state index contributed by atoms with van der Waals surface area (Å²) in [4.78, 5) is 0. The molecule has 0 atom stereocenters. The summed E-state index contributed by atoms with van der Waals surface area (Å²) in [6.07, 6.45) is 11.0. The Bertz CT molecular complexity index is 686. The lowest BCUT2D eigenvalue weighted by Gasteiger charge is -2.14. The van der Waals surface area contributed by atoms with Crippen LogP contribution in [0, 0.1) is 0 Å². The van der Waals surface area contributed by atoms with Crippen LogP contribution in [0.3, 0.4) is 0 Å². The van der Waals surface area contributed by atoms with Gasteiger partial charge in [0.15, 0.2) is 0 Å². The van der Waals surface area contributed by atoms with Crippen LogP contribution in [0.2, 0.25) is 0 Å². The zero-order valence-corrected chi connectivity index (χ0v) is 13.7. The van der Waals surface area contributed by atoms with Gasteiger partial charge < -0.3 is 5.73 Å². The molecule has 1 aromatic carbocycles. The fraction of sp³-hybridized carbons (Fsp3) is 0.500. The molecule has 1 aliphatic heterocycles. The van der Waals surface area contributed by atoms with E-state index in [1.54, 1.807) is 6.20 Å². The molecule has 2 rings (SSSR count). The van der Waals surface area contributed by atoms with E-state index in [0.717, 1.165) is 66.8 Å². The summed E-state index contributed by atoms with van der Waals surface area (Å²) in [5, 5.41) is 14.6. The molecule has 0 saturated heterocycles. The molecule has 4 heteroatoms. The highest BCUT2D eigenvalue weighted by Crippen LogP contribution is 2.21. The van der Waals surface area contributed by atoms with Crippen LogP contribution < -0.4 is 16.3 Å². The van der Waals surface area contributed by atoms with Gasteiger partial charge in [0, 0.05) is 6.20 Å². The second-order valence-corrected chi connectivity index (χ2v) is 5.70.